The molecular formula is C10H15N3O3. The van der Waals surface area contributed by atoms with Crippen molar-refractivity contribution in [1.82, 2.24) is 14.5 Å². The van der Waals surface area contributed by atoms with Crippen LogP contribution in [0.3, 0.4) is 0 Å². The minimum atomic E-state index is -0.295. The Morgan fingerprint density at radius 3 is 3.06 bits per heavy atom. The molecular weight excluding hydrogens is 210 g/mol. The normalized spacial score (nSPS) is 25.8. The van der Waals surface area contributed by atoms with E-state index < -0.39 is 0 Å². The van der Waals surface area contributed by atoms with Crippen LogP contribution in [0.4, 0.5) is 4.79 Å². The van der Waals surface area contributed by atoms with Crippen molar-refractivity contribution in [2.45, 2.75) is 19.1 Å². The van der Waals surface area contributed by atoms with Crippen LogP contribution in [0.15, 0.2) is 18.7 Å². The number of amides is 1. The van der Waals surface area contributed by atoms with Gasteiger partial charge in [-0.05, 0) is 6.92 Å². The van der Waals surface area contributed by atoms with Gasteiger partial charge in [-0.1, -0.05) is 0 Å². The summed E-state index contributed by atoms with van der Waals surface area (Å²) in [5, 5.41) is 9.06. The van der Waals surface area contributed by atoms with E-state index in [0.717, 1.165) is 0 Å². The molecule has 88 valence electrons. The van der Waals surface area contributed by atoms with Crippen molar-refractivity contribution in [3.63, 3.8) is 0 Å². The summed E-state index contributed by atoms with van der Waals surface area (Å²) in [7, 11) is 0. The fourth-order valence-corrected chi connectivity index (χ4v) is 1.84. The smallest absolute Gasteiger partial charge is 0.329 e. The molecule has 1 amide bonds. The molecule has 2 atom stereocenters. The Balaban J connectivity index is 2.06. The summed E-state index contributed by atoms with van der Waals surface area (Å²) in [6, 6.07) is -0.133. The van der Waals surface area contributed by atoms with E-state index >= 15 is 0 Å². The first-order valence-corrected chi connectivity index (χ1v) is 5.24. The van der Waals surface area contributed by atoms with E-state index in [2.05, 4.69) is 4.98 Å². The van der Waals surface area contributed by atoms with Gasteiger partial charge in [0, 0.05) is 18.9 Å². The number of morpholine rings is 1. The van der Waals surface area contributed by atoms with Crippen LogP contribution < -0.4 is 0 Å². The number of aliphatic hydroxyl groups excluding tert-OH is 1. The summed E-state index contributed by atoms with van der Waals surface area (Å²) in [6.07, 6.45) is 4.28. The first kappa shape index (κ1) is 11.1. The number of carbonyl (C=O) groups excluding carboxylic acids is 1. The molecule has 0 aliphatic carbocycles. The van der Waals surface area contributed by atoms with Crippen molar-refractivity contribution in [1.29, 1.82) is 0 Å². The summed E-state index contributed by atoms with van der Waals surface area (Å²) in [6.45, 7) is 2.76. The first-order chi connectivity index (χ1) is 7.70. The van der Waals surface area contributed by atoms with Crippen molar-refractivity contribution < 1.29 is 14.6 Å². The molecule has 1 aliphatic heterocycles. The highest BCUT2D eigenvalue weighted by molar-refractivity contribution is 5.76. The van der Waals surface area contributed by atoms with Gasteiger partial charge < -0.3 is 14.7 Å². The zero-order valence-electron chi connectivity index (χ0n) is 9.11. The minimum Gasteiger partial charge on any atom is -0.394 e. The predicted molar refractivity (Wildman–Crippen MR) is 56.0 cm³/mol. The summed E-state index contributed by atoms with van der Waals surface area (Å²) in [4.78, 5) is 17.5. The van der Waals surface area contributed by atoms with Gasteiger partial charge in [0.05, 0.1) is 25.4 Å². The lowest BCUT2D eigenvalue weighted by Gasteiger charge is -2.35. The number of aliphatic hydroxyl groups is 1. The quantitative estimate of drug-likeness (QED) is 0.726. The number of nitrogens with zero attached hydrogens (tertiary/aromatic N) is 3. The lowest BCUT2D eigenvalue weighted by molar-refractivity contribution is -0.0832. The fraction of sp³-hybridized carbons (Fsp3) is 0.600. The molecule has 1 aromatic rings. The highest BCUT2D eigenvalue weighted by Crippen LogP contribution is 2.12. The van der Waals surface area contributed by atoms with Crippen molar-refractivity contribution in [3.8, 4) is 0 Å². The van der Waals surface area contributed by atoms with Gasteiger partial charge in [-0.25, -0.2) is 9.78 Å². The number of ether oxygens (including phenoxy) is 1. The Labute approximate surface area is 93.4 Å². The van der Waals surface area contributed by atoms with Gasteiger partial charge in [-0.3, -0.25) is 4.57 Å². The van der Waals surface area contributed by atoms with Crippen molar-refractivity contribution >= 4 is 6.03 Å². The third-order valence-electron chi connectivity index (χ3n) is 2.53. The number of aromatic nitrogens is 2. The molecule has 1 fully saturated rings. The fourth-order valence-electron chi connectivity index (χ4n) is 1.84. The standard InChI is InChI=1S/C10H15N3O3/c1-8-4-13(5-9(6-14)16-8)10(15)12-3-2-11-7-12/h2-3,7-9,14H,4-6H2,1H3. The van der Waals surface area contributed by atoms with Crippen LogP contribution in [0.2, 0.25) is 0 Å². The molecule has 2 unspecified atom stereocenters. The van der Waals surface area contributed by atoms with Crippen LogP contribution in [0.25, 0.3) is 0 Å². The second-order valence-corrected chi connectivity index (χ2v) is 3.91. The number of hydrogen-bond donors (Lipinski definition) is 1. The van der Waals surface area contributed by atoms with Gasteiger partial charge in [0.15, 0.2) is 0 Å². The Morgan fingerprint density at radius 2 is 2.44 bits per heavy atom. The van der Waals surface area contributed by atoms with Crippen molar-refractivity contribution in [2.24, 2.45) is 0 Å². The summed E-state index contributed by atoms with van der Waals surface area (Å²) < 4.78 is 6.89. The molecule has 6 heteroatoms. The maximum Gasteiger partial charge on any atom is 0.329 e. The molecule has 2 rings (SSSR count). The summed E-state index contributed by atoms with van der Waals surface area (Å²) in [5.74, 6) is 0. The highest BCUT2D eigenvalue weighted by atomic mass is 16.5. The average Bonchev–Trinajstić information content (AvgIpc) is 2.80. The van der Waals surface area contributed by atoms with Gasteiger partial charge in [0.1, 0.15) is 6.33 Å². The van der Waals surface area contributed by atoms with Crippen LogP contribution in [0.1, 0.15) is 6.92 Å². The minimum absolute atomic E-state index is 0.0571. The molecule has 6 nitrogen and oxygen atoms in total. The van der Waals surface area contributed by atoms with Crippen LogP contribution in [0, 0.1) is 0 Å². The van der Waals surface area contributed by atoms with Crippen LogP contribution in [-0.2, 0) is 4.74 Å². The lowest BCUT2D eigenvalue weighted by atomic mass is 10.2. The molecule has 1 N–H and O–H groups in total. The third kappa shape index (κ3) is 2.23. The zero-order chi connectivity index (χ0) is 11.5. The Kier molecular flexibility index (Phi) is 3.21. The van der Waals surface area contributed by atoms with E-state index in [4.69, 9.17) is 9.84 Å². The Bertz CT molecular complexity index is 352. The van der Waals surface area contributed by atoms with Crippen LogP contribution >= 0.6 is 0 Å². The lowest BCUT2D eigenvalue weighted by Crippen LogP contribution is -2.51. The van der Waals surface area contributed by atoms with E-state index in [-0.39, 0.29) is 24.8 Å². The van der Waals surface area contributed by atoms with E-state index in [9.17, 15) is 4.79 Å². The van der Waals surface area contributed by atoms with Crippen LogP contribution in [0.5, 0.6) is 0 Å². The van der Waals surface area contributed by atoms with Crippen molar-refractivity contribution in [2.75, 3.05) is 19.7 Å². The first-order valence-electron chi connectivity index (χ1n) is 5.24. The molecule has 0 spiro atoms. The van der Waals surface area contributed by atoms with E-state index in [0.29, 0.717) is 13.1 Å². The van der Waals surface area contributed by atoms with E-state index in [1.165, 1.54) is 10.9 Å². The topological polar surface area (TPSA) is 67.6 Å². The molecule has 16 heavy (non-hydrogen) atoms. The molecule has 1 aromatic heterocycles. The maximum absolute atomic E-state index is 12.0. The average molecular weight is 225 g/mol. The van der Waals surface area contributed by atoms with Crippen LogP contribution in [-0.4, -0.2) is 57.5 Å². The molecule has 0 aromatic carbocycles. The number of hydrogen-bond acceptors (Lipinski definition) is 4. The Hall–Kier alpha value is -1.40. The second-order valence-electron chi connectivity index (χ2n) is 3.91. The van der Waals surface area contributed by atoms with Gasteiger partial charge in [0.25, 0.3) is 0 Å². The summed E-state index contributed by atoms with van der Waals surface area (Å²) in [5.41, 5.74) is 0. The molecule has 1 aliphatic rings. The molecule has 0 radical (unpaired) electrons. The van der Waals surface area contributed by atoms with Gasteiger partial charge >= 0.3 is 6.03 Å². The summed E-state index contributed by atoms with van der Waals surface area (Å²) >= 11 is 0. The van der Waals surface area contributed by atoms with E-state index in [1.807, 2.05) is 6.92 Å². The molecule has 0 bridgehead atoms. The van der Waals surface area contributed by atoms with Gasteiger partial charge in [-0.2, -0.15) is 0 Å². The third-order valence-corrected chi connectivity index (χ3v) is 2.53. The number of imidazole rings is 1. The van der Waals surface area contributed by atoms with Gasteiger partial charge in [0.2, 0.25) is 0 Å². The molecule has 2 heterocycles. The number of rotatable bonds is 1. The predicted octanol–water partition coefficient (Wildman–Crippen LogP) is -0.0672. The highest BCUT2D eigenvalue weighted by Gasteiger charge is 2.28. The molecule has 1 saturated heterocycles. The molecule has 0 saturated carbocycles. The van der Waals surface area contributed by atoms with Crippen molar-refractivity contribution in [3.05, 3.63) is 18.7 Å². The largest absolute Gasteiger partial charge is 0.394 e. The Morgan fingerprint density at radius 1 is 1.62 bits per heavy atom. The SMILES string of the molecule is CC1CN(C(=O)n2ccnc2)CC(CO)O1. The van der Waals surface area contributed by atoms with E-state index in [1.54, 1.807) is 17.3 Å². The monoisotopic (exact) mass is 225 g/mol. The number of carbonyl (C=O) groups is 1. The zero-order valence-corrected chi connectivity index (χ0v) is 9.11. The van der Waals surface area contributed by atoms with Gasteiger partial charge in [-0.15, -0.1) is 0 Å². The maximum atomic E-state index is 12.0. The second kappa shape index (κ2) is 4.63.